The molecule has 2 N–H and O–H groups in total. The summed E-state index contributed by atoms with van der Waals surface area (Å²) in [4.78, 5) is 24.5. The van der Waals surface area contributed by atoms with Crippen LogP contribution in [-0.2, 0) is 16.7 Å². The third-order valence-electron chi connectivity index (χ3n) is 5.47. The van der Waals surface area contributed by atoms with Crippen LogP contribution in [0, 0.1) is 24.1 Å². The van der Waals surface area contributed by atoms with E-state index in [1.54, 1.807) is 6.92 Å². The standard InChI is InChI=1S/C22H19F3N4O3/c1-3-11(2)31-19-10-27-16(9-28-19)17(30)7-12-4-5-15(23)13(6-12)22(20(24)25)14-8-18(14)32-21(26)29-22/h1,4-6,9-11,14,18,20H,7-8H2,2H3,(H2,26,29)/t11-,14+,18-,22-/m1/s1. The summed E-state index contributed by atoms with van der Waals surface area (Å²) in [6.45, 7) is 1.65. The number of carbonyl (C=O) groups is 1. The molecule has 2 heterocycles. The average molecular weight is 444 g/mol. The Kier molecular flexibility index (Phi) is 5.50. The number of fused-ring (bicyclic) bond motifs is 1. The van der Waals surface area contributed by atoms with Gasteiger partial charge in [0.1, 0.15) is 17.6 Å². The second-order valence-corrected chi connectivity index (χ2v) is 7.66. The van der Waals surface area contributed by atoms with E-state index in [1.807, 2.05) is 0 Å². The Hall–Kier alpha value is -3.61. The van der Waals surface area contributed by atoms with Crippen LogP contribution in [0.4, 0.5) is 13.2 Å². The predicted molar refractivity (Wildman–Crippen MR) is 108 cm³/mol. The SMILES string of the molecule is C#C[C@@H](C)Oc1cnc(C(=O)Cc2ccc(F)c([C@@]3(C(F)F)N=C(N)O[C@@H]4C[C@@H]43)c2)cn1. The summed E-state index contributed by atoms with van der Waals surface area (Å²) >= 11 is 0. The second kappa shape index (κ2) is 8.15. The molecule has 166 valence electrons. The quantitative estimate of drug-likeness (QED) is 0.521. The summed E-state index contributed by atoms with van der Waals surface area (Å²) in [5.74, 6) is 0.550. The highest BCUT2D eigenvalue weighted by Crippen LogP contribution is 2.56. The fraction of sp³-hybridized carbons (Fsp3) is 0.364. The minimum Gasteiger partial charge on any atom is -0.462 e. The number of hydrogen-bond donors (Lipinski definition) is 1. The summed E-state index contributed by atoms with van der Waals surface area (Å²) in [6, 6.07) is 3.23. The molecule has 0 saturated heterocycles. The van der Waals surface area contributed by atoms with Gasteiger partial charge in [-0.2, -0.15) is 0 Å². The van der Waals surface area contributed by atoms with E-state index < -0.39 is 47.7 Å². The number of nitrogens with zero attached hydrogens (tertiary/aromatic N) is 3. The predicted octanol–water partition coefficient (Wildman–Crippen LogP) is 2.64. The first-order valence-electron chi connectivity index (χ1n) is 9.81. The number of nitrogens with two attached hydrogens (primary N) is 1. The van der Waals surface area contributed by atoms with Crippen LogP contribution in [0.5, 0.6) is 5.88 Å². The highest BCUT2D eigenvalue weighted by Gasteiger charge is 2.64. The number of aromatic nitrogens is 2. The van der Waals surface area contributed by atoms with Crippen molar-refractivity contribution in [3.05, 3.63) is 53.2 Å². The number of hydrogen-bond acceptors (Lipinski definition) is 7. The average Bonchev–Trinajstić information content (AvgIpc) is 3.54. The smallest absolute Gasteiger partial charge is 0.283 e. The largest absolute Gasteiger partial charge is 0.462 e. The van der Waals surface area contributed by atoms with Crippen LogP contribution in [0.25, 0.3) is 0 Å². The van der Waals surface area contributed by atoms with Gasteiger partial charge < -0.3 is 15.2 Å². The Labute approximate surface area is 181 Å². The maximum absolute atomic E-state index is 14.7. The molecule has 10 heteroatoms. The van der Waals surface area contributed by atoms with E-state index in [4.69, 9.17) is 21.6 Å². The molecular formula is C22H19F3N4O3. The Bertz CT molecular complexity index is 1120. The van der Waals surface area contributed by atoms with Crippen LogP contribution >= 0.6 is 0 Å². The van der Waals surface area contributed by atoms with Gasteiger partial charge in [-0.25, -0.2) is 28.1 Å². The van der Waals surface area contributed by atoms with Crippen LogP contribution in [0.2, 0.25) is 0 Å². The molecule has 4 rings (SSSR count). The molecule has 1 aromatic heterocycles. The first kappa shape index (κ1) is 21.6. The highest BCUT2D eigenvalue weighted by molar-refractivity contribution is 5.95. The molecule has 1 aliphatic heterocycles. The lowest BCUT2D eigenvalue weighted by Crippen LogP contribution is -2.43. The number of carbonyl (C=O) groups excluding carboxylic acids is 1. The minimum atomic E-state index is -3.01. The molecule has 1 aliphatic carbocycles. The first-order valence-corrected chi connectivity index (χ1v) is 9.81. The van der Waals surface area contributed by atoms with E-state index in [-0.39, 0.29) is 23.6 Å². The van der Waals surface area contributed by atoms with Crippen LogP contribution in [0.1, 0.15) is 35.0 Å². The summed E-state index contributed by atoms with van der Waals surface area (Å²) in [5.41, 5.74) is 3.48. The minimum absolute atomic E-state index is 0.0377. The summed E-state index contributed by atoms with van der Waals surface area (Å²) in [5, 5.41) is 0. The number of ketones is 1. The molecule has 1 fully saturated rings. The number of alkyl halides is 2. The molecule has 0 unspecified atom stereocenters. The molecule has 0 spiro atoms. The zero-order valence-electron chi connectivity index (χ0n) is 17.0. The molecular weight excluding hydrogens is 425 g/mol. The fourth-order valence-corrected chi connectivity index (χ4v) is 3.80. The van der Waals surface area contributed by atoms with Crippen LogP contribution < -0.4 is 10.5 Å². The summed E-state index contributed by atoms with van der Waals surface area (Å²) < 4.78 is 53.6. The van der Waals surface area contributed by atoms with Crippen LogP contribution in [0.15, 0.2) is 35.6 Å². The van der Waals surface area contributed by atoms with Gasteiger partial charge in [0.05, 0.1) is 12.4 Å². The topological polar surface area (TPSA) is 99.7 Å². The van der Waals surface area contributed by atoms with Crippen molar-refractivity contribution in [2.75, 3.05) is 0 Å². The van der Waals surface area contributed by atoms with Crippen molar-refractivity contribution in [2.45, 2.75) is 43.9 Å². The zero-order valence-corrected chi connectivity index (χ0v) is 17.0. The van der Waals surface area contributed by atoms with Crippen molar-refractivity contribution in [3.63, 3.8) is 0 Å². The number of benzene rings is 1. The normalized spacial score (nSPS) is 24.6. The molecule has 2 aliphatic rings. The van der Waals surface area contributed by atoms with Crippen molar-refractivity contribution in [3.8, 4) is 18.2 Å². The molecule has 7 nitrogen and oxygen atoms in total. The highest BCUT2D eigenvalue weighted by atomic mass is 19.3. The number of halogens is 3. The maximum atomic E-state index is 14.7. The maximum Gasteiger partial charge on any atom is 0.283 e. The van der Waals surface area contributed by atoms with Crippen LogP contribution in [-0.4, -0.2) is 40.4 Å². The lowest BCUT2D eigenvalue weighted by molar-refractivity contribution is 0.0176. The number of terminal acetylenes is 1. The molecule has 1 aromatic carbocycles. The van der Waals surface area contributed by atoms with Crippen molar-refractivity contribution in [2.24, 2.45) is 16.6 Å². The van der Waals surface area contributed by atoms with E-state index in [1.165, 1.54) is 24.5 Å². The van der Waals surface area contributed by atoms with Gasteiger partial charge in [-0.15, -0.1) is 6.42 Å². The third kappa shape index (κ3) is 3.86. The Morgan fingerprint density at radius 1 is 1.41 bits per heavy atom. The lowest BCUT2D eigenvalue weighted by Gasteiger charge is -2.33. The Balaban J connectivity index is 1.59. The third-order valence-corrected chi connectivity index (χ3v) is 5.47. The number of Topliss-reactive ketones (excluding diaryl/α,β-unsaturated/α-hetero) is 1. The van der Waals surface area contributed by atoms with Gasteiger partial charge in [-0.3, -0.25) is 4.79 Å². The van der Waals surface area contributed by atoms with Gasteiger partial charge in [0.2, 0.25) is 5.88 Å². The number of ether oxygens (including phenoxy) is 2. The van der Waals surface area contributed by atoms with E-state index >= 15 is 0 Å². The van der Waals surface area contributed by atoms with Gasteiger partial charge in [0.25, 0.3) is 12.4 Å². The second-order valence-electron chi connectivity index (χ2n) is 7.66. The number of aliphatic imine (C=N–C) groups is 1. The van der Waals surface area contributed by atoms with Gasteiger partial charge >= 0.3 is 0 Å². The molecule has 0 bridgehead atoms. The van der Waals surface area contributed by atoms with Crippen molar-refractivity contribution < 1.29 is 27.4 Å². The molecule has 32 heavy (non-hydrogen) atoms. The van der Waals surface area contributed by atoms with E-state index in [0.717, 1.165) is 6.07 Å². The zero-order chi connectivity index (χ0) is 23.0. The van der Waals surface area contributed by atoms with E-state index in [2.05, 4.69) is 20.9 Å². The van der Waals surface area contributed by atoms with Crippen molar-refractivity contribution in [1.29, 1.82) is 0 Å². The molecule has 1 saturated carbocycles. The summed E-state index contributed by atoms with van der Waals surface area (Å²) in [6.07, 6.45) is 3.76. The van der Waals surface area contributed by atoms with Crippen molar-refractivity contribution >= 4 is 11.8 Å². The number of amidine groups is 1. The fourth-order valence-electron chi connectivity index (χ4n) is 3.80. The van der Waals surface area contributed by atoms with E-state index in [9.17, 15) is 18.0 Å². The van der Waals surface area contributed by atoms with E-state index in [0.29, 0.717) is 12.0 Å². The molecule has 4 atom stereocenters. The molecule has 2 aromatic rings. The van der Waals surface area contributed by atoms with Gasteiger partial charge in [-0.1, -0.05) is 12.0 Å². The molecule has 0 amide bonds. The van der Waals surface area contributed by atoms with Crippen molar-refractivity contribution in [1.82, 2.24) is 9.97 Å². The van der Waals surface area contributed by atoms with Crippen LogP contribution in [0.3, 0.4) is 0 Å². The summed E-state index contributed by atoms with van der Waals surface area (Å²) in [7, 11) is 0. The Morgan fingerprint density at radius 3 is 2.84 bits per heavy atom. The van der Waals surface area contributed by atoms with Gasteiger partial charge in [-0.05, 0) is 31.0 Å². The molecule has 0 radical (unpaired) electrons. The first-order chi connectivity index (χ1) is 15.2. The Morgan fingerprint density at radius 2 is 2.19 bits per heavy atom. The monoisotopic (exact) mass is 444 g/mol. The number of rotatable bonds is 7. The van der Waals surface area contributed by atoms with Gasteiger partial charge in [0, 0.05) is 17.9 Å². The lowest BCUT2D eigenvalue weighted by atomic mass is 9.83. The van der Waals surface area contributed by atoms with Gasteiger partial charge in [0.15, 0.2) is 17.4 Å².